The maximum atomic E-state index is 13.8. The van der Waals surface area contributed by atoms with Gasteiger partial charge >= 0.3 is 5.97 Å². The van der Waals surface area contributed by atoms with E-state index in [1.165, 1.54) is 0 Å². The highest BCUT2D eigenvalue weighted by Crippen LogP contribution is 2.34. The molecule has 1 atom stereocenters. The number of anilines is 1. The molecular formula is C34H51N3O6. The number of carbonyl (C=O) groups is 2. The summed E-state index contributed by atoms with van der Waals surface area (Å²) in [5.41, 5.74) is 1.15. The van der Waals surface area contributed by atoms with Gasteiger partial charge in [0.05, 0.1) is 43.8 Å². The molecule has 1 aliphatic rings. The van der Waals surface area contributed by atoms with Crippen molar-refractivity contribution in [2.45, 2.75) is 98.3 Å². The highest BCUT2D eigenvalue weighted by molar-refractivity contribution is 5.84. The van der Waals surface area contributed by atoms with Crippen LogP contribution in [0, 0.1) is 11.3 Å². The summed E-state index contributed by atoms with van der Waals surface area (Å²) in [4.78, 5) is 31.6. The highest BCUT2D eigenvalue weighted by atomic mass is 16.5. The summed E-state index contributed by atoms with van der Waals surface area (Å²) in [6, 6.07) is 9.50. The number of benzene rings is 1. The fourth-order valence-electron chi connectivity index (χ4n) is 5.05. The first-order valence-electron chi connectivity index (χ1n) is 15.2. The summed E-state index contributed by atoms with van der Waals surface area (Å²) in [7, 11) is 1.62. The molecule has 0 fully saturated rings. The summed E-state index contributed by atoms with van der Waals surface area (Å²) in [6.07, 6.45) is 4.55. The quantitative estimate of drug-likeness (QED) is 0.229. The largest absolute Gasteiger partial charge is 0.497 e. The van der Waals surface area contributed by atoms with Crippen molar-refractivity contribution in [3.8, 4) is 11.5 Å². The van der Waals surface area contributed by atoms with Crippen LogP contribution < -0.4 is 14.8 Å². The predicted octanol–water partition coefficient (Wildman–Crippen LogP) is 6.35. The number of rotatable bonds is 15. The Morgan fingerprint density at radius 2 is 1.79 bits per heavy atom. The summed E-state index contributed by atoms with van der Waals surface area (Å²) in [6.45, 7) is 16.7. The minimum Gasteiger partial charge on any atom is -0.497 e. The van der Waals surface area contributed by atoms with Crippen LogP contribution in [0.2, 0.25) is 0 Å². The first-order chi connectivity index (χ1) is 20.1. The van der Waals surface area contributed by atoms with E-state index in [1.54, 1.807) is 24.3 Å². The normalized spacial score (nSPS) is 16.0. The highest BCUT2D eigenvalue weighted by Gasteiger charge is 2.40. The van der Waals surface area contributed by atoms with Crippen LogP contribution in [0.4, 0.5) is 5.82 Å². The molecule has 0 saturated carbocycles. The van der Waals surface area contributed by atoms with Gasteiger partial charge in [-0.1, -0.05) is 26.8 Å². The molecule has 1 amide bonds. The molecule has 3 rings (SSSR count). The van der Waals surface area contributed by atoms with E-state index in [0.717, 1.165) is 47.7 Å². The van der Waals surface area contributed by atoms with Gasteiger partial charge in [0.1, 0.15) is 17.3 Å². The Morgan fingerprint density at radius 3 is 2.47 bits per heavy atom. The lowest BCUT2D eigenvalue weighted by Gasteiger charge is -2.41. The van der Waals surface area contributed by atoms with Gasteiger partial charge in [0, 0.05) is 25.4 Å². The third-order valence-corrected chi connectivity index (χ3v) is 7.90. The van der Waals surface area contributed by atoms with Crippen LogP contribution in [0.3, 0.4) is 0 Å². The summed E-state index contributed by atoms with van der Waals surface area (Å²) in [5.74, 6) is 0.441. The zero-order chi connectivity index (χ0) is 31.8. The van der Waals surface area contributed by atoms with Gasteiger partial charge in [-0.25, -0.2) is 4.98 Å². The molecule has 2 aromatic rings. The average molecular weight is 598 g/mol. The molecule has 1 aromatic carbocycles. The van der Waals surface area contributed by atoms with E-state index in [0.29, 0.717) is 32.7 Å². The van der Waals surface area contributed by atoms with Crippen LogP contribution in [0.25, 0.3) is 0 Å². The van der Waals surface area contributed by atoms with E-state index in [2.05, 4.69) is 44.9 Å². The van der Waals surface area contributed by atoms with E-state index in [9.17, 15) is 14.7 Å². The minimum absolute atomic E-state index is 0.153. The number of hydrogen-bond acceptors (Lipinski definition) is 7. The molecule has 9 nitrogen and oxygen atoms in total. The molecule has 0 bridgehead atoms. The molecule has 0 spiro atoms. The van der Waals surface area contributed by atoms with Crippen molar-refractivity contribution in [2.75, 3.05) is 32.2 Å². The zero-order valence-corrected chi connectivity index (χ0v) is 27.3. The third kappa shape index (κ3) is 10.7. The van der Waals surface area contributed by atoms with E-state index < -0.39 is 17.4 Å². The third-order valence-electron chi connectivity index (χ3n) is 7.90. The Labute approximate surface area is 257 Å². The second kappa shape index (κ2) is 14.4. The summed E-state index contributed by atoms with van der Waals surface area (Å²) >= 11 is 0. The monoisotopic (exact) mass is 597 g/mol. The van der Waals surface area contributed by atoms with Crippen LogP contribution in [-0.2, 0) is 27.3 Å². The van der Waals surface area contributed by atoms with Crippen molar-refractivity contribution < 1.29 is 28.9 Å². The second-order valence-corrected chi connectivity index (χ2v) is 14.0. The summed E-state index contributed by atoms with van der Waals surface area (Å²) < 4.78 is 17.7. The lowest BCUT2D eigenvalue weighted by atomic mass is 9.86. The Hall–Kier alpha value is -3.33. The fraction of sp³-hybridized carbons (Fsp3) is 0.618. The SMILES string of the molecule is COc1ccnc(NCCCOc2ccc3c(c2)CN(C(C)(C)COC(C)(C)CCC(C)(C)C)C(=O)[C@H](CC(=O)O)C3)c1. The lowest BCUT2D eigenvalue weighted by molar-refractivity contribution is -0.152. The average Bonchev–Trinajstić information content (AvgIpc) is 3.06. The Balaban J connectivity index is 1.69. The molecule has 0 saturated heterocycles. The van der Waals surface area contributed by atoms with E-state index >= 15 is 0 Å². The first kappa shape index (κ1) is 34.2. The van der Waals surface area contributed by atoms with E-state index in [1.807, 2.05) is 38.1 Å². The molecule has 1 aliphatic heterocycles. The zero-order valence-electron chi connectivity index (χ0n) is 27.3. The van der Waals surface area contributed by atoms with Gasteiger partial charge in [-0.3, -0.25) is 9.59 Å². The van der Waals surface area contributed by atoms with Crippen molar-refractivity contribution in [2.24, 2.45) is 11.3 Å². The smallest absolute Gasteiger partial charge is 0.304 e. The van der Waals surface area contributed by atoms with Gasteiger partial charge in [-0.15, -0.1) is 0 Å². The van der Waals surface area contributed by atoms with Gasteiger partial charge in [-0.2, -0.15) is 0 Å². The second-order valence-electron chi connectivity index (χ2n) is 14.0. The number of amides is 1. The number of hydrogen-bond donors (Lipinski definition) is 2. The van der Waals surface area contributed by atoms with Crippen molar-refractivity contribution in [1.29, 1.82) is 0 Å². The van der Waals surface area contributed by atoms with Gasteiger partial charge in [0.25, 0.3) is 0 Å². The molecule has 0 unspecified atom stereocenters. The van der Waals surface area contributed by atoms with Gasteiger partial charge < -0.3 is 29.5 Å². The van der Waals surface area contributed by atoms with Gasteiger partial charge in [-0.05, 0) is 88.1 Å². The molecule has 0 radical (unpaired) electrons. The number of aromatic nitrogens is 1. The minimum atomic E-state index is -0.975. The predicted molar refractivity (Wildman–Crippen MR) is 169 cm³/mol. The molecule has 1 aromatic heterocycles. The first-order valence-corrected chi connectivity index (χ1v) is 15.2. The number of ether oxygens (including phenoxy) is 3. The molecule has 0 aliphatic carbocycles. The topological polar surface area (TPSA) is 110 Å². The molecule has 9 heteroatoms. The van der Waals surface area contributed by atoms with Crippen molar-refractivity contribution in [3.05, 3.63) is 47.7 Å². The molecule has 43 heavy (non-hydrogen) atoms. The number of aliphatic carboxylic acids is 1. The van der Waals surface area contributed by atoms with E-state index in [4.69, 9.17) is 14.2 Å². The fourth-order valence-corrected chi connectivity index (χ4v) is 5.05. The molecule has 2 N–H and O–H groups in total. The number of carboxylic acids is 1. The van der Waals surface area contributed by atoms with Crippen LogP contribution in [0.5, 0.6) is 11.5 Å². The van der Waals surface area contributed by atoms with Crippen LogP contribution >= 0.6 is 0 Å². The number of pyridine rings is 1. The van der Waals surface area contributed by atoms with Crippen LogP contribution in [-0.4, -0.2) is 64.9 Å². The standard InChI is InChI=1S/C34H51N3O6/c1-32(2,3)13-14-34(6,7)43-23-33(4,5)37-22-26-19-28(11-10-24(26)18-25(31(37)40)20-30(38)39)42-17-9-15-35-29-21-27(41-8)12-16-36-29/h10-12,16,19,21,25H,9,13-15,17-18,20,22-23H2,1-8H3,(H,35,36)(H,38,39)/t25-/m0/s1. The Morgan fingerprint density at radius 1 is 1.05 bits per heavy atom. The van der Waals surface area contributed by atoms with Gasteiger partial charge in [0.2, 0.25) is 5.91 Å². The number of carbonyl (C=O) groups excluding carboxylic acids is 1. The maximum Gasteiger partial charge on any atom is 0.304 e. The number of nitrogens with one attached hydrogen (secondary N) is 1. The van der Waals surface area contributed by atoms with Crippen molar-refractivity contribution in [3.63, 3.8) is 0 Å². The van der Waals surface area contributed by atoms with Crippen molar-refractivity contribution in [1.82, 2.24) is 9.88 Å². The maximum absolute atomic E-state index is 13.8. The number of fused-ring (bicyclic) bond motifs is 1. The van der Waals surface area contributed by atoms with Crippen LogP contribution in [0.15, 0.2) is 36.5 Å². The lowest BCUT2D eigenvalue weighted by Crippen LogP contribution is -2.53. The molecule has 2 heterocycles. The summed E-state index contributed by atoms with van der Waals surface area (Å²) in [5, 5.41) is 12.9. The number of nitrogens with zero attached hydrogens (tertiary/aromatic N) is 2. The van der Waals surface area contributed by atoms with Gasteiger partial charge in [0.15, 0.2) is 0 Å². The number of carboxylic acid groups (broad SMARTS) is 1. The molecule has 238 valence electrons. The van der Waals surface area contributed by atoms with Crippen molar-refractivity contribution >= 4 is 17.7 Å². The van der Waals surface area contributed by atoms with E-state index in [-0.39, 0.29) is 23.3 Å². The molecular weight excluding hydrogens is 546 g/mol. The Bertz CT molecular complexity index is 1240. The Kier molecular flexibility index (Phi) is 11.5. The number of methoxy groups -OCH3 is 1. The van der Waals surface area contributed by atoms with Crippen LogP contribution in [0.1, 0.15) is 85.3 Å².